The molecule has 0 saturated carbocycles. The average Bonchev–Trinajstić information content (AvgIpc) is 2.06. The van der Waals surface area contributed by atoms with Crippen LogP contribution in [0.15, 0.2) is 10.7 Å². The minimum atomic E-state index is -0.419. The van der Waals surface area contributed by atoms with Gasteiger partial charge in [0.25, 0.3) is 0 Å². The van der Waals surface area contributed by atoms with Gasteiger partial charge >= 0.3 is 0 Å². The summed E-state index contributed by atoms with van der Waals surface area (Å²) in [5.41, 5.74) is 5.83. The summed E-state index contributed by atoms with van der Waals surface area (Å²) >= 11 is 3.12. The number of nitrogens with zero attached hydrogens (tertiary/aromatic N) is 1. The van der Waals surface area contributed by atoms with E-state index in [1.165, 1.54) is 7.11 Å². The van der Waals surface area contributed by atoms with Crippen LogP contribution in [0.25, 0.3) is 0 Å². The summed E-state index contributed by atoms with van der Waals surface area (Å²) in [7, 11) is 1.49. The number of nitrogen functional groups attached to an aromatic ring is 1. The number of hydrogen-bond acceptors (Lipinski definition) is 3. The molecule has 0 bridgehead atoms. The van der Waals surface area contributed by atoms with Crippen molar-refractivity contribution >= 4 is 21.7 Å². The smallest absolute Gasteiger partial charge is 0.148 e. The van der Waals surface area contributed by atoms with Gasteiger partial charge < -0.3 is 10.5 Å². The van der Waals surface area contributed by atoms with Gasteiger partial charge in [-0.2, -0.15) is 0 Å². The van der Waals surface area contributed by atoms with E-state index in [2.05, 4.69) is 20.9 Å². The quantitative estimate of drug-likeness (QED) is 0.848. The lowest BCUT2D eigenvalue weighted by molar-refractivity contribution is 0.180. The molecule has 1 heterocycles. The number of ether oxygens (including phenoxy) is 1. The van der Waals surface area contributed by atoms with Crippen molar-refractivity contribution in [2.75, 3.05) is 12.8 Å². The highest BCUT2D eigenvalue weighted by Crippen LogP contribution is 2.24. The Labute approximate surface area is 77.9 Å². The van der Waals surface area contributed by atoms with Crippen molar-refractivity contribution in [3.8, 4) is 0 Å². The van der Waals surface area contributed by atoms with E-state index in [1.54, 1.807) is 0 Å². The van der Waals surface area contributed by atoms with Crippen molar-refractivity contribution in [1.82, 2.24) is 4.98 Å². The maximum absolute atomic E-state index is 13.0. The maximum atomic E-state index is 13.0. The lowest BCUT2D eigenvalue weighted by atomic mass is 10.2. The number of pyridine rings is 1. The summed E-state index contributed by atoms with van der Waals surface area (Å²) in [4.78, 5) is 3.62. The van der Waals surface area contributed by atoms with Crippen molar-refractivity contribution in [2.24, 2.45) is 0 Å². The van der Waals surface area contributed by atoms with Crippen LogP contribution >= 0.6 is 15.9 Å². The number of anilines is 1. The monoisotopic (exact) mass is 234 g/mol. The fraction of sp³-hybridized carbons (Fsp3) is 0.286. The summed E-state index contributed by atoms with van der Waals surface area (Å²) in [6, 6.07) is 0. The lowest BCUT2D eigenvalue weighted by Gasteiger charge is -2.05. The molecule has 12 heavy (non-hydrogen) atoms. The van der Waals surface area contributed by atoms with Crippen LogP contribution in [0.5, 0.6) is 0 Å². The topological polar surface area (TPSA) is 48.1 Å². The van der Waals surface area contributed by atoms with Crippen molar-refractivity contribution in [1.29, 1.82) is 0 Å². The number of methoxy groups -OCH3 is 1. The fourth-order valence-electron chi connectivity index (χ4n) is 0.797. The van der Waals surface area contributed by atoms with Crippen LogP contribution < -0.4 is 5.73 Å². The standard InChI is InChI=1S/C7H8BrFN2O/c1-12-3-4-5(9)2-11-7(10)6(4)8/h2H,3H2,1H3,(H2,10,11). The van der Waals surface area contributed by atoms with E-state index in [9.17, 15) is 4.39 Å². The average molecular weight is 235 g/mol. The third-order valence-electron chi connectivity index (χ3n) is 1.38. The molecule has 2 N–H and O–H groups in total. The van der Waals surface area contributed by atoms with Crippen LogP contribution in [-0.2, 0) is 11.3 Å². The molecule has 1 rings (SSSR count). The largest absolute Gasteiger partial charge is 0.383 e. The van der Waals surface area contributed by atoms with Crippen LogP contribution in [0.4, 0.5) is 10.2 Å². The van der Waals surface area contributed by atoms with E-state index in [1.807, 2.05) is 0 Å². The van der Waals surface area contributed by atoms with Gasteiger partial charge in [-0.05, 0) is 15.9 Å². The molecule has 0 aliphatic rings. The number of rotatable bonds is 2. The van der Waals surface area contributed by atoms with Crippen molar-refractivity contribution in [3.63, 3.8) is 0 Å². The highest BCUT2D eigenvalue weighted by molar-refractivity contribution is 9.10. The third-order valence-corrected chi connectivity index (χ3v) is 2.27. The Bertz CT molecular complexity index is 293. The molecule has 5 heteroatoms. The second-order valence-corrected chi connectivity index (χ2v) is 3.01. The van der Waals surface area contributed by atoms with Crippen LogP contribution in [-0.4, -0.2) is 12.1 Å². The number of nitrogens with two attached hydrogens (primary N) is 1. The van der Waals surface area contributed by atoms with Crippen LogP contribution in [0.3, 0.4) is 0 Å². The van der Waals surface area contributed by atoms with Crippen molar-refractivity contribution < 1.29 is 9.13 Å². The van der Waals surface area contributed by atoms with Gasteiger partial charge in [-0.1, -0.05) is 0 Å². The third kappa shape index (κ3) is 1.73. The SMILES string of the molecule is COCc1c(F)cnc(N)c1Br. The molecule has 0 amide bonds. The minimum absolute atomic E-state index is 0.180. The number of halogens is 2. The highest BCUT2D eigenvalue weighted by atomic mass is 79.9. The molecular weight excluding hydrogens is 227 g/mol. The fourth-order valence-corrected chi connectivity index (χ4v) is 1.20. The number of hydrogen-bond donors (Lipinski definition) is 1. The first-order valence-electron chi connectivity index (χ1n) is 3.24. The molecule has 0 spiro atoms. The molecule has 3 nitrogen and oxygen atoms in total. The van der Waals surface area contributed by atoms with Gasteiger partial charge in [0.05, 0.1) is 17.3 Å². The Morgan fingerprint density at radius 1 is 1.75 bits per heavy atom. The highest BCUT2D eigenvalue weighted by Gasteiger charge is 2.09. The molecule has 0 fully saturated rings. The molecule has 0 atom stereocenters. The Hall–Kier alpha value is -0.680. The molecule has 0 unspecified atom stereocenters. The van der Waals surface area contributed by atoms with E-state index in [4.69, 9.17) is 10.5 Å². The maximum Gasteiger partial charge on any atom is 0.148 e. The van der Waals surface area contributed by atoms with Crippen LogP contribution in [0, 0.1) is 5.82 Å². The summed E-state index contributed by atoms with van der Waals surface area (Å²) in [5, 5.41) is 0. The Kier molecular flexibility index (Phi) is 2.99. The molecule has 0 aromatic carbocycles. The van der Waals surface area contributed by atoms with E-state index >= 15 is 0 Å². The first-order valence-corrected chi connectivity index (χ1v) is 4.03. The first-order chi connectivity index (χ1) is 5.66. The van der Waals surface area contributed by atoms with Crippen LogP contribution in [0.1, 0.15) is 5.56 Å². The second-order valence-electron chi connectivity index (χ2n) is 2.22. The molecular formula is C7H8BrFN2O. The Balaban J connectivity index is 3.14. The summed E-state index contributed by atoms with van der Waals surface area (Å²) in [6.07, 6.45) is 1.08. The molecule has 0 radical (unpaired) electrons. The zero-order chi connectivity index (χ0) is 9.14. The van der Waals surface area contributed by atoms with Gasteiger partial charge in [0.2, 0.25) is 0 Å². The zero-order valence-corrected chi connectivity index (χ0v) is 8.06. The minimum Gasteiger partial charge on any atom is -0.383 e. The summed E-state index contributed by atoms with van der Waals surface area (Å²) in [6.45, 7) is 0.180. The molecule has 1 aromatic heterocycles. The second kappa shape index (κ2) is 3.82. The van der Waals surface area contributed by atoms with E-state index in [-0.39, 0.29) is 12.4 Å². The predicted octanol–water partition coefficient (Wildman–Crippen LogP) is 1.71. The lowest BCUT2D eigenvalue weighted by Crippen LogP contribution is -2.00. The van der Waals surface area contributed by atoms with E-state index in [0.29, 0.717) is 10.0 Å². The zero-order valence-electron chi connectivity index (χ0n) is 6.47. The summed E-state index contributed by atoms with van der Waals surface area (Å²) < 4.78 is 18.2. The Morgan fingerprint density at radius 2 is 2.42 bits per heavy atom. The normalized spacial score (nSPS) is 10.2. The Morgan fingerprint density at radius 3 is 3.00 bits per heavy atom. The van der Waals surface area contributed by atoms with E-state index < -0.39 is 5.82 Å². The summed E-state index contributed by atoms with van der Waals surface area (Å²) in [5.74, 6) is -0.152. The van der Waals surface area contributed by atoms with Gasteiger partial charge in [0.15, 0.2) is 0 Å². The van der Waals surface area contributed by atoms with Gasteiger partial charge in [0.1, 0.15) is 11.6 Å². The molecule has 0 saturated heterocycles. The number of aromatic nitrogens is 1. The molecule has 0 aliphatic heterocycles. The van der Waals surface area contributed by atoms with Gasteiger partial charge in [0, 0.05) is 12.7 Å². The molecule has 0 aliphatic carbocycles. The van der Waals surface area contributed by atoms with Crippen molar-refractivity contribution in [2.45, 2.75) is 6.61 Å². The van der Waals surface area contributed by atoms with Gasteiger partial charge in [-0.25, -0.2) is 9.37 Å². The van der Waals surface area contributed by atoms with Gasteiger partial charge in [-0.3, -0.25) is 0 Å². The predicted molar refractivity (Wildman–Crippen MR) is 47.0 cm³/mol. The molecule has 1 aromatic rings. The van der Waals surface area contributed by atoms with Crippen molar-refractivity contribution in [3.05, 3.63) is 22.1 Å². The van der Waals surface area contributed by atoms with E-state index in [0.717, 1.165) is 6.20 Å². The first kappa shape index (κ1) is 9.41. The van der Waals surface area contributed by atoms with Crippen LogP contribution in [0.2, 0.25) is 0 Å². The molecule has 66 valence electrons. The van der Waals surface area contributed by atoms with Gasteiger partial charge in [-0.15, -0.1) is 0 Å².